The number of carbonyl (C=O) groups is 1. The number of amides is 1. The zero-order valence-corrected chi connectivity index (χ0v) is 10.6. The number of rotatable bonds is 5. The third kappa shape index (κ3) is 3.75. The summed E-state index contributed by atoms with van der Waals surface area (Å²) in [5, 5.41) is 2.85. The van der Waals surface area contributed by atoms with Crippen LogP contribution in [-0.2, 0) is 0 Å². The van der Waals surface area contributed by atoms with Gasteiger partial charge in [0, 0.05) is 12.1 Å². The van der Waals surface area contributed by atoms with E-state index in [9.17, 15) is 4.79 Å². The molecule has 0 aliphatic rings. The average Bonchev–Trinajstić information content (AvgIpc) is 2.35. The Morgan fingerprint density at radius 3 is 2.82 bits per heavy atom. The molecular formula is C13H20N2O2. The highest BCUT2D eigenvalue weighted by Crippen LogP contribution is 2.18. The number of ether oxygens (including phenoxy) is 1. The van der Waals surface area contributed by atoms with Gasteiger partial charge in [-0.15, -0.1) is 0 Å². The van der Waals surface area contributed by atoms with Gasteiger partial charge in [-0.25, -0.2) is 0 Å². The minimum absolute atomic E-state index is 0.0939. The number of nitrogens with one attached hydrogen (secondary N) is 1. The van der Waals surface area contributed by atoms with Gasteiger partial charge in [0.1, 0.15) is 5.75 Å². The molecule has 3 N–H and O–H groups in total. The van der Waals surface area contributed by atoms with E-state index in [2.05, 4.69) is 5.32 Å². The van der Waals surface area contributed by atoms with Crippen LogP contribution in [-0.4, -0.2) is 26.1 Å². The van der Waals surface area contributed by atoms with E-state index < -0.39 is 0 Å². The van der Waals surface area contributed by atoms with Crippen LogP contribution in [0.25, 0.3) is 0 Å². The van der Waals surface area contributed by atoms with Crippen LogP contribution in [0.15, 0.2) is 18.2 Å². The van der Waals surface area contributed by atoms with Crippen molar-refractivity contribution in [3.05, 3.63) is 29.3 Å². The first-order valence-corrected chi connectivity index (χ1v) is 5.71. The highest BCUT2D eigenvalue weighted by atomic mass is 16.5. The summed E-state index contributed by atoms with van der Waals surface area (Å²) in [6.07, 6.45) is 0. The molecule has 0 spiro atoms. The van der Waals surface area contributed by atoms with Crippen LogP contribution in [0.3, 0.4) is 0 Å². The van der Waals surface area contributed by atoms with Crippen LogP contribution in [0, 0.1) is 12.8 Å². The Kier molecular flexibility index (Phi) is 4.97. The van der Waals surface area contributed by atoms with Crippen molar-refractivity contribution in [2.24, 2.45) is 11.7 Å². The smallest absolute Gasteiger partial charge is 0.251 e. The van der Waals surface area contributed by atoms with E-state index in [-0.39, 0.29) is 11.8 Å². The normalized spacial score (nSPS) is 12.0. The topological polar surface area (TPSA) is 64.3 Å². The van der Waals surface area contributed by atoms with Gasteiger partial charge in [-0.2, -0.15) is 0 Å². The fourth-order valence-corrected chi connectivity index (χ4v) is 1.41. The second-order valence-corrected chi connectivity index (χ2v) is 4.24. The molecule has 0 saturated heterocycles. The van der Waals surface area contributed by atoms with E-state index in [4.69, 9.17) is 10.5 Å². The van der Waals surface area contributed by atoms with Gasteiger partial charge in [0.2, 0.25) is 0 Å². The van der Waals surface area contributed by atoms with Crippen molar-refractivity contribution in [3.8, 4) is 5.75 Å². The summed E-state index contributed by atoms with van der Waals surface area (Å²) < 4.78 is 5.18. The molecule has 0 saturated carbocycles. The quantitative estimate of drug-likeness (QED) is 0.810. The molecule has 0 aliphatic heterocycles. The molecule has 0 aliphatic carbocycles. The van der Waals surface area contributed by atoms with E-state index in [1.165, 1.54) is 0 Å². The monoisotopic (exact) mass is 236 g/mol. The number of hydrogen-bond donors (Lipinski definition) is 2. The SMILES string of the molecule is COc1cc(C(=O)NCC(C)CN)ccc1C. The lowest BCUT2D eigenvalue weighted by Crippen LogP contribution is -2.31. The molecule has 4 nitrogen and oxygen atoms in total. The van der Waals surface area contributed by atoms with Crippen molar-refractivity contribution < 1.29 is 9.53 Å². The van der Waals surface area contributed by atoms with Gasteiger partial charge in [-0.05, 0) is 37.1 Å². The summed E-state index contributed by atoms with van der Waals surface area (Å²) in [6.45, 7) is 5.09. The van der Waals surface area contributed by atoms with Gasteiger partial charge in [-0.3, -0.25) is 4.79 Å². The maximum Gasteiger partial charge on any atom is 0.251 e. The number of methoxy groups -OCH3 is 1. The van der Waals surface area contributed by atoms with Gasteiger partial charge in [0.15, 0.2) is 0 Å². The lowest BCUT2D eigenvalue weighted by atomic mass is 10.1. The van der Waals surface area contributed by atoms with Crippen LogP contribution in [0.5, 0.6) is 5.75 Å². The van der Waals surface area contributed by atoms with E-state index in [1.54, 1.807) is 19.2 Å². The summed E-state index contributed by atoms with van der Waals surface area (Å²) in [5.41, 5.74) is 7.11. The first-order valence-electron chi connectivity index (χ1n) is 5.71. The molecule has 0 heterocycles. The highest BCUT2D eigenvalue weighted by molar-refractivity contribution is 5.94. The Labute approximate surface area is 102 Å². The number of benzene rings is 1. The zero-order chi connectivity index (χ0) is 12.8. The standard InChI is InChI=1S/C13H20N2O2/c1-9(7-14)8-15-13(16)11-5-4-10(2)12(6-11)17-3/h4-6,9H,7-8,14H2,1-3H3,(H,15,16). The largest absolute Gasteiger partial charge is 0.496 e. The molecule has 1 amide bonds. The molecule has 4 heteroatoms. The average molecular weight is 236 g/mol. The second kappa shape index (κ2) is 6.25. The molecule has 0 radical (unpaired) electrons. The van der Waals surface area contributed by atoms with Gasteiger partial charge in [-0.1, -0.05) is 13.0 Å². The number of carbonyl (C=O) groups excluding carboxylic acids is 1. The molecule has 94 valence electrons. The Morgan fingerprint density at radius 2 is 2.24 bits per heavy atom. The molecule has 17 heavy (non-hydrogen) atoms. The molecular weight excluding hydrogens is 216 g/mol. The molecule has 1 rings (SSSR count). The van der Waals surface area contributed by atoms with Crippen molar-refractivity contribution in [1.82, 2.24) is 5.32 Å². The van der Waals surface area contributed by atoms with E-state index >= 15 is 0 Å². The fourth-order valence-electron chi connectivity index (χ4n) is 1.41. The van der Waals surface area contributed by atoms with Crippen LogP contribution in [0.1, 0.15) is 22.8 Å². The number of aryl methyl sites for hydroxylation is 1. The van der Waals surface area contributed by atoms with Crippen molar-refractivity contribution >= 4 is 5.91 Å². The van der Waals surface area contributed by atoms with E-state index in [1.807, 2.05) is 19.9 Å². The maximum absolute atomic E-state index is 11.8. The molecule has 1 aromatic rings. The third-order valence-corrected chi connectivity index (χ3v) is 2.68. The predicted octanol–water partition coefficient (Wildman–Crippen LogP) is 1.33. The van der Waals surface area contributed by atoms with Crippen molar-refractivity contribution in [1.29, 1.82) is 0 Å². The molecule has 0 aromatic heterocycles. The van der Waals surface area contributed by atoms with E-state index in [0.29, 0.717) is 18.7 Å². The van der Waals surface area contributed by atoms with Gasteiger partial charge >= 0.3 is 0 Å². The predicted molar refractivity (Wildman–Crippen MR) is 68.3 cm³/mol. The number of nitrogens with two attached hydrogens (primary N) is 1. The minimum Gasteiger partial charge on any atom is -0.496 e. The van der Waals surface area contributed by atoms with Gasteiger partial charge < -0.3 is 15.8 Å². The van der Waals surface area contributed by atoms with Crippen molar-refractivity contribution in [2.75, 3.05) is 20.2 Å². The summed E-state index contributed by atoms with van der Waals surface area (Å²) in [6, 6.07) is 5.41. The van der Waals surface area contributed by atoms with Crippen molar-refractivity contribution in [3.63, 3.8) is 0 Å². The summed E-state index contributed by atoms with van der Waals surface area (Å²) in [7, 11) is 1.60. The first kappa shape index (κ1) is 13.5. The van der Waals surface area contributed by atoms with Gasteiger partial charge in [0.05, 0.1) is 7.11 Å². The Morgan fingerprint density at radius 1 is 1.53 bits per heavy atom. The lowest BCUT2D eigenvalue weighted by molar-refractivity contribution is 0.0948. The maximum atomic E-state index is 11.8. The summed E-state index contributed by atoms with van der Waals surface area (Å²) in [4.78, 5) is 11.8. The highest BCUT2D eigenvalue weighted by Gasteiger charge is 2.09. The molecule has 1 aromatic carbocycles. The fraction of sp³-hybridized carbons (Fsp3) is 0.462. The van der Waals surface area contributed by atoms with Crippen molar-refractivity contribution in [2.45, 2.75) is 13.8 Å². The van der Waals surface area contributed by atoms with Gasteiger partial charge in [0.25, 0.3) is 5.91 Å². The Balaban J connectivity index is 2.69. The Hall–Kier alpha value is -1.55. The van der Waals surface area contributed by atoms with Crippen LogP contribution < -0.4 is 15.8 Å². The first-order chi connectivity index (χ1) is 8.08. The molecule has 0 bridgehead atoms. The summed E-state index contributed by atoms with van der Waals surface area (Å²) >= 11 is 0. The number of hydrogen-bond acceptors (Lipinski definition) is 3. The van der Waals surface area contributed by atoms with Crippen LogP contribution in [0.2, 0.25) is 0 Å². The summed E-state index contributed by atoms with van der Waals surface area (Å²) in [5.74, 6) is 0.916. The third-order valence-electron chi connectivity index (χ3n) is 2.68. The van der Waals surface area contributed by atoms with Crippen LogP contribution >= 0.6 is 0 Å². The molecule has 0 fully saturated rings. The van der Waals surface area contributed by atoms with Crippen LogP contribution in [0.4, 0.5) is 0 Å². The Bertz CT molecular complexity index is 391. The second-order valence-electron chi connectivity index (χ2n) is 4.24. The zero-order valence-electron chi connectivity index (χ0n) is 10.6. The molecule has 1 atom stereocenters. The lowest BCUT2D eigenvalue weighted by Gasteiger charge is -2.11. The minimum atomic E-state index is -0.0939. The molecule has 1 unspecified atom stereocenters. The van der Waals surface area contributed by atoms with E-state index in [0.717, 1.165) is 11.3 Å².